The van der Waals surface area contributed by atoms with E-state index in [2.05, 4.69) is 22.7 Å². The van der Waals surface area contributed by atoms with Crippen molar-refractivity contribution in [1.29, 1.82) is 0 Å². The third kappa shape index (κ3) is 4.51. The molecule has 2 rings (SSSR count). The molecule has 1 atom stereocenters. The van der Waals surface area contributed by atoms with Crippen LogP contribution in [0.3, 0.4) is 0 Å². The number of anilines is 1. The molecule has 0 spiro atoms. The quantitative estimate of drug-likeness (QED) is 0.887. The average molecular weight is 287 g/mol. The maximum absolute atomic E-state index is 11.9. The van der Waals surface area contributed by atoms with Gasteiger partial charge in [0.25, 0.3) is 0 Å². The molecule has 5 nitrogen and oxygen atoms in total. The van der Waals surface area contributed by atoms with Crippen LogP contribution >= 0.6 is 12.4 Å². The highest BCUT2D eigenvalue weighted by Crippen LogP contribution is 2.24. The van der Waals surface area contributed by atoms with Gasteiger partial charge in [-0.1, -0.05) is 6.92 Å². The van der Waals surface area contributed by atoms with Crippen molar-refractivity contribution >= 4 is 24.1 Å². The largest absolute Gasteiger partial charge is 0.317 e. The Labute approximate surface area is 120 Å². The van der Waals surface area contributed by atoms with Gasteiger partial charge in [0, 0.05) is 19.5 Å². The summed E-state index contributed by atoms with van der Waals surface area (Å²) < 4.78 is 1.67. The Morgan fingerprint density at radius 1 is 1.58 bits per heavy atom. The number of piperidine rings is 1. The molecule has 1 unspecified atom stereocenters. The number of hydrogen-bond donors (Lipinski definition) is 2. The number of hydrogen-bond acceptors (Lipinski definition) is 3. The molecule has 1 aliphatic heterocycles. The Morgan fingerprint density at radius 3 is 2.84 bits per heavy atom. The fourth-order valence-corrected chi connectivity index (χ4v) is 2.56. The maximum atomic E-state index is 11.9. The van der Waals surface area contributed by atoms with Crippen LogP contribution in [0.1, 0.15) is 26.2 Å². The fraction of sp³-hybridized carbons (Fsp3) is 0.692. The van der Waals surface area contributed by atoms with Crippen molar-refractivity contribution in [3.8, 4) is 0 Å². The molecule has 19 heavy (non-hydrogen) atoms. The third-order valence-corrected chi connectivity index (χ3v) is 3.78. The summed E-state index contributed by atoms with van der Waals surface area (Å²) in [5.74, 6) is 1.96. The zero-order valence-electron chi connectivity index (χ0n) is 11.6. The molecule has 1 saturated heterocycles. The summed E-state index contributed by atoms with van der Waals surface area (Å²) in [6.45, 7) is 4.34. The lowest BCUT2D eigenvalue weighted by Crippen LogP contribution is -2.32. The van der Waals surface area contributed by atoms with Gasteiger partial charge >= 0.3 is 0 Å². The van der Waals surface area contributed by atoms with E-state index in [-0.39, 0.29) is 18.3 Å². The molecule has 0 aliphatic carbocycles. The van der Waals surface area contributed by atoms with Gasteiger partial charge in [0.15, 0.2) is 0 Å². The molecule has 0 aromatic carbocycles. The van der Waals surface area contributed by atoms with E-state index in [1.165, 1.54) is 12.8 Å². The van der Waals surface area contributed by atoms with Gasteiger partial charge in [-0.3, -0.25) is 9.48 Å². The molecule has 2 heterocycles. The van der Waals surface area contributed by atoms with Crippen molar-refractivity contribution in [2.45, 2.75) is 26.2 Å². The van der Waals surface area contributed by atoms with Gasteiger partial charge in [-0.25, -0.2) is 0 Å². The lowest BCUT2D eigenvalue weighted by molar-refractivity contribution is -0.117. The molecule has 0 bridgehead atoms. The van der Waals surface area contributed by atoms with Crippen molar-refractivity contribution in [1.82, 2.24) is 15.1 Å². The Hall–Kier alpha value is -1.07. The van der Waals surface area contributed by atoms with E-state index in [1.54, 1.807) is 10.9 Å². The van der Waals surface area contributed by atoms with Crippen LogP contribution in [0.25, 0.3) is 0 Å². The number of halogens is 1. The first-order valence-corrected chi connectivity index (χ1v) is 6.65. The van der Waals surface area contributed by atoms with Crippen molar-refractivity contribution < 1.29 is 4.79 Å². The Morgan fingerprint density at radius 2 is 2.26 bits per heavy atom. The summed E-state index contributed by atoms with van der Waals surface area (Å²) in [6.07, 6.45) is 4.64. The maximum Gasteiger partial charge on any atom is 0.225 e. The van der Waals surface area contributed by atoms with Gasteiger partial charge in [0.2, 0.25) is 5.91 Å². The van der Waals surface area contributed by atoms with Gasteiger partial charge in [-0.05, 0) is 37.8 Å². The lowest BCUT2D eigenvalue weighted by atomic mass is 9.84. The molecule has 1 fully saturated rings. The Kier molecular flexibility index (Phi) is 6.31. The Bertz CT molecular complexity index is 401. The third-order valence-electron chi connectivity index (χ3n) is 3.78. The second-order valence-electron chi connectivity index (χ2n) is 5.16. The molecule has 0 saturated carbocycles. The number of aryl methyl sites for hydroxylation is 1. The molecule has 108 valence electrons. The summed E-state index contributed by atoms with van der Waals surface area (Å²) in [5, 5.41) is 10.3. The van der Waals surface area contributed by atoms with E-state index in [0.29, 0.717) is 18.3 Å². The number of carbonyl (C=O) groups excluding carboxylic acids is 1. The first-order valence-electron chi connectivity index (χ1n) is 6.65. The molecule has 0 radical (unpaired) electrons. The number of nitrogens with zero attached hydrogens (tertiary/aromatic N) is 2. The predicted molar refractivity (Wildman–Crippen MR) is 78.5 cm³/mol. The highest BCUT2D eigenvalue weighted by atomic mass is 35.5. The van der Waals surface area contributed by atoms with E-state index in [0.717, 1.165) is 18.9 Å². The Balaban J connectivity index is 0.00000180. The SMILES string of the molecule is CC(CC(=O)Nc1ccnn1C)C1CCNCC1.Cl. The van der Waals surface area contributed by atoms with E-state index in [9.17, 15) is 4.79 Å². The summed E-state index contributed by atoms with van der Waals surface area (Å²) in [6, 6.07) is 1.81. The zero-order chi connectivity index (χ0) is 13.0. The summed E-state index contributed by atoms with van der Waals surface area (Å²) in [4.78, 5) is 11.9. The minimum absolute atomic E-state index is 0. The summed E-state index contributed by atoms with van der Waals surface area (Å²) >= 11 is 0. The van der Waals surface area contributed by atoms with Crippen LogP contribution in [0.2, 0.25) is 0 Å². The first kappa shape index (κ1) is 16.0. The molecule has 2 N–H and O–H groups in total. The first-order chi connectivity index (χ1) is 8.66. The van der Waals surface area contributed by atoms with Gasteiger partial charge in [-0.2, -0.15) is 5.10 Å². The van der Waals surface area contributed by atoms with Crippen LogP contribution in [0.4, 0.5) is 5.82 Å². The van der Waals surface area contributed by atoms with E-state index in [1.807, 2.05) is 13.1 Å². The highest BCUT2D eigenvalue weighted by molar-refractivity contribution is 5.89. The van der Waals surface area contributed by atoms with Crippen molar-refractivity contribution in [3.63, 3.8) is 0 Å². The molecule has 6 heteroatoms. The van der Waals surface area contributed by atoms with Crippen LogP contribution in [0, 0.1) is 11.8 Å². The topological polar surface area (TPSA) is 59.0 Å². The fourth-order valence-electron chi connectivity index (χ4n) is 2.56. The van der Waals surface area contributed by atoms with Crippen LogP contribution in [0.5, 0.6) is 0 Å². The van der Waals surface area contributed by atoms with Crippen LogP contribution in [-0.2, 0) is 11.8 Å². The normalized spacial score (nSPS) is 17.6. The molecule has 1 aromatic heterocycles. The standard InChI is InChI=1S/C13H22N4O.ClH/c1-10(11-3-6-14-7-4-11)9-13(18)16-12-5-8-15-17(12)2;/h5,8,10-11,14H,3-4,6-7,9H2,1-2H3,(H,16,18);1H. The monoisotopic (exact) mass is 286 g/mol. The van der Waals surface area contributed by atoms with Gasteiger partial charge in [0.05, 0.1) is 6.20 Å². The molecule has 1 aromatic rings. The molecule has 1 amide bonds. The second-order valence-corrected chi connectivity index (χ2v) is 5.16. The summed E-state index contributed by atoms with van der Waals surface area (Å²) in [7, 11) is 1.83. The minimum atomic E-state index is 0. The predicted octanol–water partition coefficient (Wildman–Crippen LogP) is 1.81. The summed E-state index contributed by atoms with van der Waals surface area (Å²) in [5.41, 5.74) is 0. The minimum Gasteiger partial charge on any atom is -0.317 e. The van der Waals surface area contributed by atoms with Gasteiger partial charge in [0.1, 0.15) is 5.82 Å². The molecular formula is C13H23ClN4O. The van der Waals surface area contributed by atoms with E-state index < -0.39 is 0 Å². The lowest BCUT2D eigenvalue weighted by Gasteiger charge is -2.27. The van der Waals surface area contributed by atoms with Gasteiger partial charge in [-0.15, -0.1) is 12.4 Å². The number of carbonyl (C=O) groups is 1. The number of amides is 1. The smallest absolute Gasteiger partial charge is 0.225 e. The van der Waals surface area contributed by atoms with Crippen molar-refractivity contribution in [2.24, 2.45) is 18.9 Å². The van der Waals surface area contributed by atoms with E-state index >= 15 is 0 Å². The number of aromatic nitrogens is 2. The number of rotatable bonds is 4. The van der Waals surface area contributed by atoms with Crippen LogP contribution in [0.15, 0.2) is 12.3 Å². The highest BCUT2D eigenvalue weighted by Gasteiger charge is 2.22. The van der Waals surface area contributed by atoms with Crippen LogP contribution < -0.4 is 10.6 Å². The molecule has 1 aliphatic rings. The molecular weight excluding hydrogens is 264 g/mol. The van der Waals surface area contributed by atoms with E-state index in [4.69, 9.17) is 0 Å². The van der Waals surface area contributed by atoms with Crippen LogP contribution in [-0.4, -0.2) is 28.8 Å². The average Bonchev–Trinajstić information content (AvgIpc) is 2.76. The van der Waals surface area contributed by atoms with Crippen molar-refractivity contribution in [3.05, 3.63) is 12.3 Å². The van der Waals surface area contributed by atoms with Gasteiger partial charge < -0.3 is 10.6 Å². The zero-order valence-corrected chi connectivity index (χ0v) is 12.4. The second kappa shape index (κ2) is 7.50. The van der Waals surface area contributed by atoms with Crippen molar-refractivity contribution in [2.75, 3.05) is 18.4 Å². The number of nitrogens with one attached hydrogen (secondary N) is 2.